The van der Waals surface area contributed by atoms with E-state index < -0.39 is 17.9 Å². The fourth-order valence-electron chi connectivity index (χ4n) is 1.72. The maximum atomic E-state index is 11.9. The van der Waals surface area contributed by atoms with E-state index in [2.05, 4.69) is 10.3 Å². The Kier molecular flexibility index (Phi) is 6.29. The van der Waals surface area contributed by atoms with Crippen molar-refractivity contribution < 1.29 is 19.5 Å². The van der Waals surface area contributed by atoms with Crippen LogP contribution >= 0.6 is 11.3 Å². The molecular formula is C13H19N3O4S. The second-order valence-electron chi connectivity index (χ2n) is 4.98. The van der Waals surface area contributed by atoms with E-state index in [-0.39, 0.29) is 18.8 Å². The smallest absolute Gasteiger partial charge is 0.324 e. The Bertz CT molecular complexity index is 529. The number of carbonyl (C=O) groups is 3. The highest BCUT2D eigenvalue weighted by molar-refractivity contribution is 7.09. The van der Waals surface area contributed by atoms with Crippen LogP contribution in [0.4, 0.5) is 4.79 Å². The molecule has 1 aromatic rings. The number of imide groups is 1. The van der Waals surface area contributed by atoms with Crippen molar-refractivity contribution >= 4 is 29.2 Å². The Labute approximate surface area is 127 Å². The highest BCUT2D eigenvalue weighted by Gasteiger charge is 2.17. The predicted molar refractivity (Wildman–Crippen MR) is 77.9 cm³/mol. The molecule has 1 rings (SSSR count). The van der Waals surface area contributed by atoms with Gasteiger partial charge in [-0.1, -0.05) is 6.92 Å². The van der Waals surface area contributed by atoms with Crippen LogP contribution in [0.15, 0.2) is 5.51 Å². The number of nitrogens with one attached hydrogen (secondary N) is 1. The number of thiazole rings is 1. The number of carboxylic acid groups (broad SMARTS) is 1. The third kappa shape index (κ3) is 5.90. The normalized spacial score (nSPS) is 11.8. The summed E-state index contributed by atoms with van der Waals surface area (Å²) in [6.07, 6.45) is -0.0943. The first kappa shape index (κ1) is 17.1. The molecule has 3 amide bonds. The second kappa shape index (κ2) is 7.72. The Balaban J connectivity index is 2.43. The molecule has 7 nitrogen and oxygen atoms in total. The molecule has 1 atom stereocenters. The molecule has 8 heteroatoms. The van der Waals surface area contributed by atoms with Gasteiger partial charge in [0.2, 0.25) is 5.91 Å². The Hall–Kier alpha value is -1.96. The molecule has 0 saturated heterocycles. The molecule has 0 aliphatic carbocycles. The lowest BCUT2D eigenvalue weighted by atomic mass is 10.0. The van der Waals surface area contributed by atoms with Crippen molar-refractivity contribution in [1.82, 2.24) is 15.2 Å². The van der Waals surface area contributed by atoms with Crippen LogP contribution in [0.3, 0.4) is 0 Å². The van der Waals surface area contributed by atoms with Crippen molar-refractivity contribution in [2.75, 3.05) is 7.05 Å². The molecule has 1 heterocycles. The van der Waals surface area contributed by atoms with E-state index in [1.54, 1.807) is 19.5 Å². The van der Waals surface area contributed by atoms with Gasteiger partial charge in [0.15, 0.2) is 0 Å². The lowest BCUT2D eigenvalue weighted by Gasteiger charge is -2.17. The lowest BCUT2D eigenvalue weighted by Crippen LogP contribution is -2.40. The number of urea groups is 1. The number of nitrogens with zero attached hydrogens (tertiary/aromatic N) is 2. The number of carbonyl (C=O) groups excluding carboxylic acids is 2. The van der Waals surface area contributed by atoms with E-state index in [1.165, 1.54) is 16.2 Å². The van der Waals surface area contributed by atoms with Crippen LogP contribution in [0.25, 0.3) is 0 Å². The van der Waals surface area contributed by atoms with Gasteiger partial charge in [0.05, 0.1) is 17.7 Å². The SMILES string of the molecule is Cc1ncsc1CN(C)C(=O)NC(=O)CC(C)CC(=O)O. The molecule has 0 aromatic carbocycles. The average molecular weight is 313 g/mol. The van der Waals surface area contributed by atoms with Gasteiger partial charge in [0, 0.05) is 24.8 Å². The molecule has 1 aromatic heterocycles. The second-order valence-corrected chi connectivity index (χ2v) is 5.92. The number of aliphatic carboxylic acids is 1. The third-order valence-corrected chi connectivity index (χ3v) is 3.80. The standard InChI is InChI=1S/C13H19N3O4S/c1-8(5-12(18)19)4-11(17)15-13(20)16(3)6-10-9(2)14-7-21-10/h7-8H,4-6H2,1-3H3,(H,18,19)(H,15,17,20). The van der Waals surface area contributed by atoms with Crippen molar-refractivity contribution in [3.63, 3.8) is 0 Å². The van der Waals surface area contributed by atoms with Crippen molar-refractivity contribution in [2.45, 2.75) is 33.2 Å². The van der Waals surface area contributed by atoms with E-state index in [4.69, 9.17) is 5.11 Å². The quantitative estimate of drug-likeness (QED) is 0.831. The Morgan fingerprint density at radius 1 is 1.43 bits per heavy atom. The predicted octanol–water partition coefficient (Wildman–Crippen LogP) is 1.62. The van der Waals surface area contributed by atoms with Crippen molar-refractivity contribution in [1.29, 1.82) is 0 Å². The van der Waals surface area contributed by atoms with Crippen LogP contribution in [0, 0.1) is 12.8 Å². The Morgan fingerprint density at radius 3 is 2.62 bits per heavy atom. The largest absolute Gasteiger partial charge is 0.481 e. The summed E-state index contributed by atoms with van der Waals surface area (Å²) < 4.78 is 0. The minimum absolute atomic E-state index is 0.00542. The molecule has 2 N–H and O–H groups in total. The van der Waals surface area contributed by atoms with E-state index in [0.717, 1.165) is 10.6 Å². The molecule has 0 aliphatic rings. The van der Waals surface area contributed by atoms with Gasteiger partial charge in [-0.05, 0) is 12.8 Å². The molecule has 21 heavy (non-hydrogen) atoms. The molecule has 0 spiro atoms. The molecule has 0 bridgehead atoms. The number of amides is 3. The maximum absolute atomic E-state index is 11.9. The van der Waals surface area contributed by atoms with E-state index >= 15 is 0 Å². The van der Waals surface area contributed by atoms with Gasteiger partial charge in [-0.15, -0.1) is 11.3 Å². The minimum Gasteiger partial charge on any atom is -0.481 e. The monoisotopic (exact) mass is 313 g/mol. The summed E-state index contributed by atoms with van der Waals surface area (Å²) in [5.41, 5.74) is 2.57. The van der Waals surface area contributed by atoms with Crippen LogP contribution in [-0.2, 0) is 16.1 Å². The summed E-state index contributed by atoms with van der Waals surface area (Å²) >= 11 is 1.45. The molecule has 0 fully saturated rings. The van der Waals surface area contributed by atoms with Gasteiger partial charge < -0.3 is 10.0 Å². The molecule has 116 valence electrons. The average Bonchev–Trinajstić information content (AvgIpc) is 2.73. The van der Waals surface area contributed by atoms with Crippen LogP contribution in [0.1, 0.15) is 30.3 Å². The van der Waals surface area contributed by atoms with E-state index in [0.29, 0.717) is 6.54 Å². The Morgan fingerprint density at radius 2 is 2.10 bits per heavy atom. The van der Waals surface area contributed by atoms with Crippen LogP contribution < -0.4 is 5.32 Å². The summed E-state index contributed by atoms with van der Waals surface area (Å²) in [4.78, 5) is 40.5. The summed E-state index contributed by atoms with van der Waals surface area (Å²) in [7, 11) is 1.59. The zero-order valence-corrected chi connectivity index (χ0v) is 13.1. The number of hydrogen-bond donors (Lipinski definition) is 2. The molecular weight excluding hydrogens is 294 g/mol. The lowest BCUT2D eigenvalue weighted by molar-refractivity contribution is -0.138. The van der Waals surface area contributed by atoms with E-state index in [1.807, 2.05) is 6.92 Å². The van der Waals surface area contributed by atoms with Gasteiger partial charge in [0.25, 0.3) is 0 Å². The maximum Gasteiger partial charge on any atom is 0.324 e. The summed E-state index contributed by atoms with van der Waals surface area (Å²) in [6.45, 7) is 3.89. The van der Waals surface area contributed by atoms with E-state index in [9.17, 15) is 14.4 Å². The summed E-state index contributed by atoms with van der Waals surface area (Å²) in [5, 5.41) is 10.9. The van der Waals surface area contributed by atoms with Crippen molar-refractivity contribution in [2.24, 2.45) is 5.92 Å². The topological polar surface area (TPSA) is 99.6 Å². The highest BCUT2D eigenvalue weighted by atomic mass is 32.1. The first-order chi connectivity index (χ1) is 9.79. The fourth-order valence-corrected chi connectivity index (χ4v) is 2.55. The third-order valence-electron chi connectivity index (χ3n) is 2.88. The summed E-state index contributed by atoms with van der Waals surface area (Å²) in [6, 6.07) is -0.504. The number of rotatable bonds is 6. The molecule has 0 aliphatic heterocycles. The number of aryl methyl sites for hydroxylation is 1. The number of carboxylic acids is 1. The van der Waals surface area contributed by atoms with Gasteiger partial charge in [-0.3, -0.25) is 14.9 Å². The summed E-state index contributed by atoms with van der Waals surface area (Å²) in [5.74, 6) is -1.75. The van der Waals surface area contributed by atoms with Crippen LogP contribution in [0.2, 0.25) is 0 Å². The van der Waals surface area contributed by atoms with Crippen LogP contribution in [0.5, 0.6) is 0 Å². The van der Waals surface area contributed by atoms with Gasteiger partial charge in [-0.25, -0.2) is 9.78 Å². The first-order valence-corrected chi connectivity index (χ1v) is 7.33. The van der Waals surface area contributed by atoms with Gasteiger partial charge in [-0.2, -0.15) is 0 Å². The zero-order chi connectivity index (χ0) is 16.0. The first-order valence-electron chi connectivity index (χ1n) is 6.45. The highest BCUT2D eigenvalue weighted by Crippen LogP contribution is 2.14. The zero-order valence-electron chi connectivity index (χ0n) is 12.3. The molecule has 0 radical (unpaired) electrons. The van der Waals surface area contributed by atoms with Crippen molar-refractivity contribution in [3.8, 4) is 0 Å². The van der Waals surface area contributed by atoms with Crippen molar-refractivity contribution in [3.05, 3.63) is 16.1 Å². The fraction of sp³-hybridized carbons (Fsp3) is 0.538. The van der Waals surface area contributed by atoms with Gasteiger partial charge >= 0.3 is 12.0 Å². The molecule has 1 unspecified atom stereocenters. The minimum atomic E-state index is -0.959. The van der Waals surface area contributed by atoms with Crippen LogP contribution in [-0.4, -0.2) is 39.9 Å². The van der Waals surface area contributed by atoms with Gasteiger partial charge in [0.1, 0.15) is 0 Å². The molecule has 0 saturated carbocycles. The number of aromatic nitrogens is 1. The number of hydrogen-bond acceptors (Lipinski definition) is 5.